The van der Waals surface area contributed by atoms with Crippen LogP contribution < -0.4 is 14.9 Å². The number of hydrogen-bond acceptors (Lipinski definition) is 7. The number of carbonyl (C=O) groups is 1. The summed E-state index contributed by atoms with van der Waals surface area (Å²) in [5.41, 5.74) is 3.80. The molecule has 0 spiro atoms. The molecular weight excluding hydrogens is 518 g/mol. The van der Waals surface area contributed by atoms with Crippen molar-refractivity contribution >= 4 is 48.3 Å². The topological polar surface area (TPSA) is 94.6 Å². The van der Waals surface area contributed by atoms with E-state index >= 15 is 0 Å². The number of aromatic nitrogens is 1. The summed E-state index contributed by atoms with van der Waals surface area (Å²) in [6.07, 6.45) is 0. The van der Waals surface area contributed by atoms with Crippen molar-refractivity contribution in [3.63, 3.8) is 0 Å². The predicted octanol–water partition coefficient (Wildman–Crippen LogP) is 4.27. The van der Waals surface area contributed by atoms with E-state index in [0.717, 1.165) is 48.9 Å². The molecule has 8 nitrogen and oxygen atoms in total. The van der Waals surface area contributed by atoms with Crippen LogP contribution >= 0.6 is 11.3 Å². The van der Waals surface area contributed by atoms with Gasteiger partial charge < -0.3 is 10.2 Å². The summed E-state index contributed by atoms with van der Waals surface area (Å²) in [7, 11) is -3.81. The molecule has 3 aromatic carbocycles. The number of fused-ring (bicyclic) bond motifs is 1. The van der Waals surface area contributed by atoms with E-state index in [-0.39, 0.29) is 16.5 Å². The lowest BCUT2D eigenvalue weighted by Crippen LogP contribution is -2.48. The molecule has 10 heteroatoms. The maximum absolute atomic E-state index is 12.9. The summed E-state index contributed by atoms with van der Waals surface area (Å²) in [6, 6.07) is 19.6. The fourth-order valence-electron chi connectivity index (χ4n) is 4.43. The third kappa shape index (κ3) is 5.98. The minimum atomic E-state index is -3.81. The lowest BCUT2D eigenvalue weighted by Gasteiger charge is -2.34. The zero-order chi connectivity index (χ0) is 26.7. The molecule has 5 rings (SSSR count). The first kappa shape index (κ1) is 26.1. The van der Waals surface area contributed by atoms with Crippen molar-refractivity contribution in [2.24, 2.45) is 0 Å². The molecule has 2 N–H and O–H groups in total. The number of benzene rings is 3. The van der Waals surface area contributed by atoms with Gasteiger partial charge in [0.1, 0.15) is 0 Å². The number of anilines is 2. The molecule has 0 unspecified atom stereocenters. The maximum atomic E-state index is 12.9. The number of aryl methyl sites for hydroxylation is 2. The second kappa shape index (κ2) is 11.1. The van der Waals surface area contributed by atoms with Crippen LogP contribution in [-0.4, -0.2) is 63.5 Å². The van der Waals surface area contributed by atoms with E-state index in [2.05, 4.69) is 45.0 Å². The van der Waals surface area contributed by atoms with Gasteiger partial charge in [0.05, 0.1) is 26.4 Å². The van der Waals surface area contributed by atoms with Crippen LogP contribution in [0.5, 0.6) is 0 Å². The van der Waals surface area contributed by atoms with E-state index in [1.165, 1.54) is 10.3 Å². The van der Waals surface area contributed by atoms with E-state index in [1.807, 2.05) is 6.92 Å². The van der Waals surface area contributed by atoms with Gasteiger partial charge in [0, 0.05) is 39.3 Å². The molecular formula is C28H31N5O3S2. The molecule has 1 amide bonds. The molecule has 2 heterocycles. The Morgan fingerprint density at radius 2 is 1.66 bits per heavy atom. The van der Waals surface area contributed by atoms with Gasteiger partial charge >= 0.3 is 0 Å². The van der Waals surface area contributed by atoms with Crippen molar-refractivity contribution < 1.29 is 13.2 Å². The molecule has 0 saturated carbocycles. The van der Waals surface area contributed by atoms with Crippen LogP contribution in [-0.2, 0) is 10.0 Å². The predicted molar refractivity (Wildman–Crippen MR) is 154 cm³/mol. The minimum absolute atomic E-state index is 0.151. The number of carbonyl (C=O) groups excluding carboxylic acids is 1. The Bertz CT molecular complexity index is 1540. The molecule has 1 aromatic heterocycles. The SMILES string of the molecule is Cc1ccc(S(=O)(=O)Nc2ccccc2C(=O)NCCN2CCN(c3nc4ccc(C)cc4s3)CC2)cc1. The number of nitrogens with one attached hydrogen (secondary N) is 2. The quantitative estimate of drug-likeness (QED) is 0.341. The highest BCUT2D eigenvalue weighted by Crippen LogP contribution is 2.30. The third-order valence-corrected chi connectivity index (χ3v) is 9.10. The molecule has 0 bridgehead atoms. The smallest absolute Gasteiger partial charge is 0.261 e. The monoisotopic (exact) mass is 549 g/mol. The molecule has 1 fully saturated rings. The number of hydrogen-bond donors (Lipinski definition) is 2. The Labute approximate surface area is 227 Å². The Hall–Kier alpha value is -3.47. The fourth-order valence-corrected chi connectivity index (χ4v) is 6.63. The normalized spacial score (nSPS) is 14.5. The number of amides is 1. The lowest BCUT2D eigenvalue weighted by atomic mass is 10.1. The third-order valence-electron chi connectivity index (χ3n) is 6.64. The average molecular weight is 550 g/mol. The largest absolute Gasteiger partial charge is 0.351 e. The molecule has 0 radical (unpaired) electrons. The van der Waals surface area contributed by atoms with E-state index in [9.17, 15) is 13.2 Å². The Morgan fingerprint density at radius 3 is 2.42 bits per heavy atom. The standard InChI is InChI=1S/C28H31N5O3S2/c1-20-7-10-22(11-8-20)38(35,36)31-24-6-4-3-5-23(24)27(34)29-13-14-32-15-17-33(18-16-32)28-30-25-12-9-21(2)19-26(25)37-28/h3-12,19,31H,13-18H2,1-2H3,(H,29,34). The highest BCUT2D eigenvalue weighted by molar-refractivity contribution is 7.92. The van der Waals surface area contributed by atoms with Crippen LogP contribution in [0.15, 0.2) is 71.6 Å². The van der Waals surface area contributed by atoms with Gasteiger partial charge in [-0.2, -0.15) is 0 Å². The number of sulfonamides is 1. The molecule has 0 atom stereocenters. The Balaban J connectivity index is 1.14. The summed E-state index contributed by atoms with van der Waals surface area (Å²) in [5.74, 6) is -0.310. The molecule has 1 saturated heterocycles. The lowest BCUT2D eigenvalue weighted by molar-refractivity contribution is 0.0948. The van der Waals surface area contributed by atoms with Crippen LogP contribution in [0, 0.1) is 13.8 Å². The van der Waals surface area contributed by atoms with Crippen LogP contribution in [0.4, 0.5) is 10.8 Å². The zero-order valence-electron chi connectivity index (χ0n) is 21.5. The number of piperazine rings is 1. The van der Waals surface area contributed by atoms with Crippen LogP contribution in [0.3, 0.4) is 0 Å². The fraction of sp³-hybridized carbons (Fsp3) is 0.286. The highest BCUT2D eigenvalue weighted by atomic mass is 32.2. The van der Waals surface area contributed by atoms with E-state index in [4.69, 9.17) is 4.98 Å². The summed E-state index contributed by atoms with van der Waals surface area (Å²) in [6.45, 7) is 8.72. The Morgan fingerprint density at radius 1 is 0.947 bits per heavy atom. The van der Waals surface area contributed by atoms with Crippen molar-refractivity contribution in [2.75, 3.05) is 48.9 Å². The first-order valence-electron chi connectivity index (χ1n) is 12.6. The number of nitrogens with zero attached hydrogens (tertiary/aromatic N) is 3. The number of para-hydroxylation sites is 1. The highest BCUT2D eigenvalue weighted by Gasteiger charge is 2.21. The van der Waals surface area contributed by atoms with Gasteiger partial charge in [-0.25, -0.2) is 13.4 Å². The van der Waals surface area contributed by atoms with Crippen molar-refractivity contribution in [1.82, 2.24) is 15.2 Å². The van der Waals surface area contributed by atoms with Gasteiger partial charge in [0.2, 0.25) is 0 Å². The van der Waals surface area contributed by atoms with E-state index in [1.54, 1.807) is 59.9 Å². The van der Waals surface area contributed by atoms with Gasteiger partial charge in [-0.3, -0.25) is 14.4 Å². The van der Waals surface area contributed by atoms with Crippen LogP contribution in [0.1, 0.15) is 21.5 Å². The summed E-state index contributed by atoms with van der Waals surface area (Å²) in [4.78, 5) is 22.5. The second-order valence-electron chi connectivity index (χ2n) is 9.52. The first-order valence-corrected chi connectivity index (χ1v) is 14.9. The van der Waals surface area contributed by atoms with Crippen LogP contribution in [0.2, 0.25) is 0 Å². The summed E-state index contributed by atoms with van der Waals surface area (Å²) < 4.78 is 29.5. The molecule has 0 aliphatic carbocycles. The van der Waals surface area contributed by atoms with Gasteiger partial charge in [-0.15, -0.1) is 0 Å². The van der Waals surface area contributed by atoms with Gasteiger partial charge in [-0.1, -0.05) is 47.2 Å². The zero-order valence-corrected chi connectivity index (χ0v) is 23.1. The maximum Gasteiger partial charge on any atom is 0.261 e. The van der Waals surface area contributed by atoms with Crippen molar-refractivity contribution in [3.8, 4) is 0 Å². The number of thiazole rings is 1. The van der Waals surface area contributed by atoms with Crippen LogP contribution in [0.25, 0.3) is 10.2 Å². The molecule has 1 aliphatic heterocycles. The average Bonchev–Trinajstić information content (AvgIpc) is 3.32. The summed E-state index contributed by atoms with van der Waals surface area (Å²) in [5, 5.41) is 4.00. The molecule has 198 valence electrons. The minimum Gasteiger partial charge on any atom is -0.351 e. The van der Waals surface area contributed by atoms with Crippen molar-refractivity contribution in [2.45, 2.75) is 18.7 Å². The first-order chi connectivity index (χ1) is 18.3. The second-order valence-corrected chi connectivity index (χ2v) is 12.2. The van der Waals surface area contributed by atoms with Crippen molar-refractivity contribution in [3.05, 3.63) is 83.4 Å². The van der Waals surface area contributed by atoms with Gasteiger partial charge in [0.15, 0.2) is 5.13 Å². The van der Waals surface area contributed by atoms with Gasteiger partial charge in [-0.05, 0) is 55.8 Å². The number of rotatable bonds is 8. The van der Waals surface area contributed by atoms with E-state index in [0.29, 0.717) is 12.1 Å². The molecule has 4 aromatic rings. The summed E-state index contributed by atoms with van der Waals surface area (Å²) >= 11 is 1.73. The Kier molecular flexibility index (Phi) is 7.64. The van der Waals surface area contributed by atoms with Crippen molar-refractivity contribution in [1.29, 1.82) is 0 Å². The molecule has 38 heavy (non-hydrogen) atoms. The van der Waals surface area contributed by atoms with Gasteiger partial charge in [0.25, 0.3) is 15.9 Å². The molecule has 1 aliphatic rings. The van der Waals surface area contributed by atoms with E-state index < -0.39 is 10.0 Å².